The fourth-order valence-electron chi connectivity index (χ4n) is 1.19. The number of nitrogen functional groups attached to an aromatic ring is 1. The predicted molar refractivity (Wildman–Crippen MR) is 48.7 cm³/mol. The molecule has 12 heavy (non-hydrogen) atoms. The molecule has 4 heteroatoms. The minimum Gasteiger partial charge on any atom is -0.399 e. The SMILES string of the molecule is Nc1ccc2c(c1)C(C=O)NS2. The molecular weight excluding hydrogens is 172 g/mol. The number of rotatable bonds is 1. The number of nitrogens with one attached hydrogen (secondary N) is 1. The average Bonchev–Trinajstić information content (AvgIpc) is 2.46. The second kappa shape index (κ2) is 2.80. The predicted octanol–water partition coefficient (Wildman–Crippen LogP) is 1.12. The van der Waals surface area contributed by atoms with E-state index >= 15 is 0 Å². The van der Waals surface area contributed by atoms with E-state index < -0.39 is 0 Å². The number of carbonyl (C=O) groups is 1. The maximum atomic E-state index is 10.6. The first kappa shape index (κ1) is 7.64. The Balaban J connectivity index is 2.49. The largest absolute Gasteiger partial charge is 0.399 e. The molecule has 0 saturated carbocycles. The number of benzene rings is 1. The van der Waals surface area contributed by atoms with E-state index in [0.29, 0.717) is 5.69 Å². The quantitative estimate of drug-likeness (QED) is 0.386. The van der Waals surface area contributed by atoms with Crippen molar-refractivity contribution in [3.05, 3.63) is 23.8 Å². The van der Waals surface area contributed by atoms with Crippen molar-refractivity contribution in [1.29, 1.82) is 0 Å². The number of hydrogen-bond acceptors (Lipinski definition) is 4. The fraction of sp³-hybridized carbons (Fsp3) is 0.125. The Kier molecular flexibility index (Phi) is 1.78. The smallest absolute Gasteiger partial charge is 0.142 e. The molecule has 62 valence electrons. The molecule has 0 aromatic heterocycles. The van der Waals surface area contributed by atoms with Gasteiger partial charge in [-0.05, 0) is 35.7 Å². The molecule has 1 aromatic carbocycles. The summed E-state index contributed by atoms with van der Waals surface area (Å²) in [6.45, 7) is 0. The van der Waals surface area contributed by atoms with Crippen molar-refractivity contribution in [1.82, 2.24) is 4.72 Å². The Labute approximate surface area is 74.5 Å². The van der Waals surface area contributed by atoms with Gasteiger partial charge in [0, 0.05) is 10.6 Å². The lowest BCUT2D eigenvalue weighted by atomic mass is 10.1. The first-order valence-corrected chi connectivity index (χ1v) is 4.40. The third-order valence-electron chi connectivity index (χ3n) is 1.80. The van der Waals surface area contributed by atoms with Crippen LogP contribution in [-0.2, 0) is 4.79 Å². The molecule has 1 aliphatic rings. The molecule has 1 aromatic rings. The maximum absolute atomic E-state index is 10.6. The second-order valence-electron chi connectivity index (χ2n) is 2.63. The van der Waals surface area contributed by atoms with Gasteiger partial charge in [-0.2, -0.15) is 0 Å². The number of fused-ring (bicyclic) bond motifs is 1. The highest BCUT2D eigenvalue weighted by Crippen LogP contribution is 2.34. The van der Waals surface area contributed by atoms with Gasteiger partial charge in [-0.15, -0.1) is 0 Å². The summed E-state index contributed by atoms with van der Waals surface area (Å²) in [6.07, 6.45) is 0.887. The van der Waals surface area contributed by atoms with Crippen LogP contribution >= 0.6 is 11.9 Å². The van der Waals surface area contributed by atoms with E-state index in [1.807, 2.05) is 18.2 Å². The summed E-state index contributed by atoms with van der Waals surface area (Å²) in [5.74, 6) is 0. The molecule has 0 saturated heterocycles. The third-order valence-corrected chi connectivity index (χ3v) is 2.76. The fourth-order valence-corrected chi connectivity index (χ4v) is 2.07. The van der Waals surface area contributed by atoms with Crippen molar-refractivity contribution in [2.24, 2.45) is 0 Å². The molecule has 3 nitrogen and oxygen atoms in total. The van der Waals surface area contributed by atoms with E-state index in [1.165, 1.54) is 11.9 Å². The normalized spacial score (nSPS) is 20.5. The Morgan fingerprint density at radius 3 is 3.17 bits per heavy atom. The first-order chi connectivity index (χ1) is 5.81. The summed E-state index contributed by atoms with van der Waals surface area (Å²) in [4.78, 5) is 11.6. The van der Waals surface area contributed by atoms with Crippen LogP contribution in [0.3, 0.4) is 0 Å². The summed E-state index contributed by atoms with van der Waals surface area (Å²) in [5, 5.41) is 0. The van der Waals surface area contributed by atoms with Crippen molar-refractivity contribution in [2.45, 2.75) is 10.9 Å². The molecule has 3 N–H and O–H groups in total. The molecular formula is C8H8N2OS. The van der Waals surface area contributed by atoms with Crippen LogP contribution in [-0.4, -0.2) is 6.29 Å². The third kappa shape index (κ3) is 1.09. The van der Waals surface area contributed by atoms with Crippen molar-refractivity contribution < 1.29 is 4.79 Å². The highest BCUT2D eigenvalue weighted by Gasteiger charge is 2.21. The molecule has 0 aliphatic carbocycles. The molecule has 0 bridgehead atoms. The molecule has 0 spiro atoms. The average molecular weight is 180 g/mol. The zero-order valence-electron chi connectivity index (χ0n) is 6.28. The number of nitrogens with two attached hydrogens (primary N) is 1. The lowest BCUT2D eigenvalue weighted by Crippen LogP contribution is -2.08. The number of aldehydes is 1. The highest BCUT2D eigenvalue weighted by atomic mass is 32.2. The van der Waals surface area contributed by atoms with Gasteiger partial charge < -0.3 is 10.5 Å². The van der Waals surface area contributed by atoms with Crippen molar-refractivity contribution in [3.8, 4) is 0 Å². The van der Waals surface area contributed by atoms with Gasteiger partial charge in [-0.1, -0.05) is 0 Å². The van der Waals surface area contributed by atoms with Crippen LogP contribution < -0.4 is 10.5 Å². The first-order valence-electron chi connectivity index (χ1n) is 3.58. The molecule has 0 fully saturated rings. The van der Waals surface area contributed by atoms with E-state index in [4.69, 9.17) is 5.73 Å². The van der Waals surface area contributed by atoms with Gasteiger partial charge >= 0.3 is 0 Å². The standard InChI is InChI=1S/C8H8N2OS/c9-5-1-2-8-6(3-5)7(4-11)10-12-8/h1-4,7,10H,9H2. The van der Waals surface area contributed by atoms with Crippen LogP contribution in [0.1, 0.15) is 11.6 Å². The minimum atomic E-state index is -0.200. The Hall–Kier alpha value is -1.00. The molecule has 0 radical (unpaired) electrons. The molecule has 0 amide bonds. The zero-order valence-corrected chi connectivity index (χ0v) is 7.10. The van der Waals surface area contributed by atoms with Gasteiger partial charge in [0.1, 0.15) is 6.29 Å². The number of carbonyl (C=O) groups excluding carboxylic acids is 1. The van der Waals surface area contributed by atoms with E-state index in [0.717, 1.165) is 16.7 Å². The van der Waals surface area contributed by atoms with Gasteiger partial charge in [-0.3, -0.25) is 0 Å². The number of anilines is 1. The van der Waals surface area contributed by atoms with E-state index in [-0.39, 0.29) is 6.04 Å². The van der Waals surface area contributed by atoms with Crippen LogP contribution in [0.2, 0.25) is 0 Å². The summed E-state index contributed by atoms with van der Waals surface area (Å²) in [6, 6.07) is 5.39. The van der Waals surface area contributed by atoms with Gasteiger partial charge in [0.05, 0.1) is 6.04 Å². The highest BCUT2D eigenvalue weighted by molar-refractivity contribution is 7.97. The molecule has 2 rings (SSSR count). The molecule has 1 aliphatic heterocycles. The van der Waals surface area contributed by atoms with Crippen LogP contribution in [0.5, 0.6) is 0 Å². The zero-order chi connectivity index (χ0) is 8.55. The van der Waals surface area contributed by atoms with E-state index in [1.54, 1.807) is 0 Å². The van der Waals surface area contributed by atoms with Crippen LogP contribution in [0, 0.1) is 0 Å². The van der Waals surface area contributed by atoms with E-state index in [2.05, 4.69) is 4.72 Å². The summed E-state index contributed by atoms with van der Waals surface area (Å²) in [5.41, 5.74) is 7.28. The van der Waals surface area contributed by atoms with Gasteiger partial charge in [0.15, 0.2) is 0 Å². The number of hydrogen-bond donors (Lipinski definition) is 2. The van der Waals surface area contributed by atoms with Crippen molar-refractivity contribution in [3.63, 3.8) is 0 Å². The van der Waals surface area contributed by atoms with Crippen LogP contribution in [0.15, 0.2) is 23.1 Å². The summed E-state index contributed by atoms with van der Waals surface area (Å²) >= 11 is 1.47. The topological polar surface area (TPSA) is 55.1 Å². The lowest BCUT2D eigenvalue weighted by molar-refractivity contribution is -0.109. The monoisotopic (exact) mass is 180 g/mol. The van der Waals surface area contributed by atoms with Crippen LogP contribution in [0.25, 0.3) is 0 Å². The van der Waals surface area contributed by atoms with E-state index in [9.17, 15) is 4.79 Å². The van der Waals surface area contributed by atoms with Crippen molar-refractivity contribution in [2.75, 3.05) is 5.73 Å². The maximum Gasteiger partial charge on any atom is 0.142 e. The molecule has 1 unspecified atom stereocenters. The summed E-state index contributed by atoms with van der Waals surface area (Å²) in [7, 11) is 0. The molecule has 1 heterocycles. The Morgan fingerprint density at radius 1 is 1.58 bits per heavy atom. The lowest BCUT2D eigenvalue weighted by Gasteiger charge is -2.01. The van der Waals surface area contributed by atoms with Gasteiger partial charge in [-0.25, -0.2) is 4.72 Å². The van der Waals surface area contributed by atoms with Crippen LogP contribution in [0.4, 0.5) is 5.69 Å². The summed E-state index contributed by atoms with van der Waals surface area (Å²) < 4.78 is 2.99. The minimum absolute atomic E-state index is 0.200. The molecule has 1 atom stereocenters. The van der Waals surface area contributed by atoms with Crippen molar-refractivity contribution >= 4 is 23.9 Å². The van der Waals surface area contributed by atoms with Gasteiger partial charge in [0.25, 0.3) is 0 Å². The Bertz CT molecular complexity index is 327. The van der Waals surface area contributed by atoms with Gasteiger partial charge in [0.2, 0.25) is 0 Å². The Morgan fingerprint density at radius 2 is 2.42 bits per heavy atom. The second-order valence-corrected chi connectivity index (χ2v) is 3.51.